The number of unbranched alkanes of at least 4 members (excludes halogenated alkanes) is 4. The van der Waals surface area contributed by atoms with E-state index in [9.17, 15) is 5.11 Å². The first-order chi connectivity index (χ1) is 7.20. The molecule has 0 amide bonds. The van der Waals surface area contributed by atoms with Gasteiger partial charge >= 0.3 is 0 Å². The molecule has 2 heteroatoms. The standard InChI is InChI=1S/C13H29NO/c1-4-6-8-9-10-13(15)12-14(3)11-7-5-2/h13,15H,4-12H2,1-3H3. The maximum atomic E-state index is 9.78. The van der Waals surface area contributed by atoms with Gasteiger partial charge in [0.2, 0.25) is 0 Å². The van der Waals surface area contributed by atoms with Crippen molar-refractivity contribution in [2.45, 2.75) is 64.9 Å². The monoisotopic (exact) mass is 215 g/mol. The Morgan fingerprint density at radius 3 is 2.27 bits per heavy atom. The Morgan fingerprint density at radius 1 is 1.00 bits per heavy atom. The second-order valence-corrected chi connectivity index (χ2v) is 4.62. The molecule has 0 aromatic rings. The number of nitrogens with zero attached hydrogens (tertiary/aromatic N) is 1. The smallest absolute Gasteiger partial charge is 0.0667 e. The molecule has 0 saturated carbocycles. The summed E-state index contributed by atoms with van der Waals surface area (Å²) in [7, 11) is 2.10. The molecule has 92 valence electrons. The highest BCUT2D eigenvalue weighted by Gasteiger charge is 2.06. The van der Waals surface area contributed by atoms with E-state index in [-0.39, 0.29) is 6.10 Å². The molecule has 0 radical (unpaired) electrons. The average Bonchev–Trinajstić information content (AvgIpc) is 2.21. The van der Waals surface area contributed by atoms with Crippen LogP contribution in [-0.2, 0) is 0 Å². The summed E-state index contributed by atoms with van der Waals surface area (Å²) in [5.74, 6) is 0. The van der Waals surface area contributed by atoms with Crippen LogP contribution in [0.5, 0.6) is 0 Å². The van der Waals surface area contributed by atoms with E-state index in [0.717, 1.165) is 19.5 Å². The van der Waals surface area contributed by atoms with Crippen LogP contribution in [0.15, 0.2) is 0 Å². The molecule has 0 rings (SSSR count). The molecule has 15 heavy (non-hydrogen) atoms. The quantitative estimate of drug-likeness (QED) is 0.566. The van der Waals surface area contributed by atoms with Crippen LogP contribution >= 0.6 is 0 Å². The number of rotatable bonds is 10. The van der Waals surface area contributed by atoms with Gasteiger partial charge in [-0.15, -0.1) is 0 Å². The molecule has 0 aliphatic heterocycles. The molecule has 0 aliphatic carbocycles. The van der Waals surface area contributed by atoms with E-state index in [0.29, 0.717) is 0 Å². The lowest BCUT2D eigenvalue weighted by atomic mass is 10.1. The zero-order valence-corrected chi connectivity index (χ0v) is 10.8. The summed E-state index contributed by atoms with van der Waals surface area (Å²) in [6.45, 7) is 6.37. The summed E-state index contributed by atoms with van der Waals surface area (Å²) in [5, 5.41) is 9.78. The van der Waals surface area contributed by atoms with E-state index < -0.39 is 0 Å². The highest BCUT2D eigenvalue weighted by molar-refractivity contribution is 4.61. The molecule has 0 bridgehead atoms. The minimum absolute atomic E-state index is 0.122. The maximum Gasteiger partial charge on any atom is 0.0667 e. The molecule has 0 spiro atoms. The van der Waals surface area contributed by atoms with Gasteiger partial charge in [0.05, 0.1) is 6.10 Å². The number of hydrogen-bond acceptors (Lipinski definition) is 2. The van der Waals surface area contributed by atoms with Gasteiger partial charge in [0.1, 0.15) is 0 Å². The van der Waals surface area contributed by atoms with Gasteiger partial charge < -0.3 is 10.0 Å². The van der Waals surface area contributed by atoms with Crippen molar-refractivity contribution in [1.29, 1.82) is 0 Å². The number of aliphatic hydroxyl groups excluding tert-OH is 1. The van der Waals surface area contributed by atoms with Crippen LogP contribution in [0.3, 0.4) is 0 Å². The van der Waals surface area contributed by atoms with Crippen molar-refractivity contribution in [3.05, 3.63) is 0 Å². The van der Waals surface area contributed by atoms with Gasteiger partial charge in [-0.25, -0.2) is 0 Å². The van der Waals surface area contributed by atoms with Crippen LogP contribution in [0.2, 0.25) is 0 Å². The first-order valence-corrected chi connectivity index (χ1v) is 6.57. The Labute approximate surface area is 95.7 Å². The Hall–Kier alpha value is -0.0800. The fourth-order valence-corrected chi connectivity index (χ4v) is 1.78. The third kappa shape index (κ3) is 10.2. The summed E-state index contributed by atoms with van der Waals surface area (Å²) in [4.78, 5) is 2.24. The zero-order valence-electron chi connectivity index (χ0n) is 10.8. The van der Waals surface area contributed by atoms with Crippen molar-refractivity contribution < 1.29 is 5.11 Å². The highest BCUT2D eigenvalue weighted by Crippen LogP contribution is 2.06. The summed E-state index contributed by atoms with van der Waals surface area (Å²) in [5.41, 5.74) is 0. The van der Waals surface area contributed by atoms with Gasteiger partial charge in [0.15, 0.2) is 0 Å². The highest BCUT2D eigenvalue weighted by atomic mass is 16.3. The van der Waals surface area contributed by atoms with Crippen LogP contribution < -0.4 is 0 Å². The van der Waals surface area contributed by atoms with E-state index in [2.05, 4.69) is 25.8 Å². The molecule has 1 N–H and O–H groups in total. The molecule has 0 aromatic heterocycles. The summed E-state index contributed by atoms with van der Waals surface area (Å²) < 4.78 is 0. The Morgan fingerprint density at radius 2 is 1.67 bits per heavy atom. The van der Waals surface area contributed by atoms with Crippen LogP contribution in [0.25, 0.3) is 0 Å². The number of likely N-dealkylation sites (N-methyl/N-ethyl adjacent to an activating group) is 1. The fourth-order valence-electron chi connectivity index (χ4n) is 1.78. The number of hydrogen-bond donors (Lipinski definition) is 1. The lowest BCUT2D eigenvalue weighted by molar-refractivity contribution is 0.114. The lowest BCUT2D eigenvalue weighted by Crippen LogP contribution is -2.29. The van der Waals surface area contributed by atoms with E-state index in [4.69, 9.17) is 0 Å². The first kappa shape index (κ1) is 14.9. The minimum Gasteiger partial charge on any atom is -0.392 e. The van der Waals surface area contributed by atoms with Gasteiger partial charge in [0.25, 0.3) is 0 Å². The lowest BCUT2D eigenvalue weighted by Gasteiger charge is -2.20. The van der Waals surface area contributed by atoms with Crippen LogP contribution in [0.4, 0.5) is 0 Å². The molecular weight excluding hydrogens is 186 g/mol. The summed E-state index contributed by atoms with van der Waals surface area (Å²) in [6, 6.07) is 0. The van der Waals surface area contributed by atoms with Crippen molar-refractivity contribution in [3.63, 3.8) is 0 Å². The van der Waals surface area contributed by atoms with E-state index in [1.165, 1.54) is 38.5 Å². The second-order valence-electron chi connectivity index (χ2n) is 4.62. The molecule has 0 saturated heterocycles. The minimum atomic E-state index is -0.122. The molecule has 2 nitrogen and oxygen atoms in total. The molecular formula is C13H29NO. The third-order valence-corrected chi connectivity index (χ3v) is 2.81. The molecule has 1 unspecified atom stereocenters. The van der Waals surface area contributed by atoms with Crippen LogP contribution in [-0.4, -0.2) is 36.2 Å². The Kier molecular flexibility index (Phi) is 10.4. The maximum absolute atomic E-state index is 9.78. The van der Waals surface area contributed by atoms with E-state index in [1.54, 1.807) is 0 Å². The predicted molar refractivity (Wildman–Crippen MR) is 67.2 cm³/mol. The van der Waals surface area contributed by atoms with Crippen molar-refractivity contribution in [3.8, 4) is 0 Å². The van der Waals surface area contributed by atoms with Crippen molar-refractivity contribution in [2.24, 2.45) is 0 Å². The van der Waals surface area contributed by atoms with Crippen LogP contribution in [0, 0.1) is 0 Å². The molecule has 0 heterocycles. The molecule has 1 atom stereocenters. The van der Waals surface area contributed by atoms with E-state index in [1.807, 2.05) is 0 Å². The molecule has 0 aliphatic rings. The fraction of sp³-hybridized carbons (Fsp3) is 1.00. The van der Waals surface area contributed by atoms with Crippen molar-refractivity contribution in [1.82, 2.24) is 4.90 Å². The topological polar surface area (TPSA) is 23.5 Å². The van der Waals surface area contributed by atoms with Crippen molar-refractivity contribution >= 4 is 0 Å². The predicted octanol–water partition coefficient (Wildman–Crippen LogP) is 3.05. The van der Waals surface area contributed by atoms with Gasteiger partial charge in [0, 0.05) is 6.54 Å². The van der Waals surface area contributed by atoms with Gasteiger partial charge in [-0.05, 0) is 26.4 Å². The Balaban J connectivity index is 3.33. The van der Waals surface area contributed by atoms with Gasteiger partial charge in [-0.1, -0.05) is 46.0 Å². The van der Waals surface area contributed by atoms with Crippen molar-refractivity contribution in [2.75, 3.05) is 20.1 Å². The molecule has 0 fully saturated rings. The average molecular weight is 215 g/mol. The van der Waals surface area contributed by atoms with E-state index >= 15 is 0 Å². The largest absolute Gasteiger partial charge is 0.392 e. The molecule has 0 aromatic carbocycles. The van der Waals surface area contributed by atoms with Gasteiger partial charge in [-0.3, -0.25) is 0 Å². The normalized spacial score (nSPS) is 13.4. The summed E-state index contributed by atoms with van der Waals surface area (Å²) >= 11 is 0. The first-order valence-electron chi connectivity index (χ1n) is 6.57. The second kappa shape index (κ2) is 10.4. The SMILES string of the molecule is CCCCCCC(O)CN(C)CCCC. The summed E-state index contributed by atoms with van der Waals surface area (Å²) in [6.07, 6.45) is 8.34. The van der Waals surface area contributed by atoms with Gasteiger partial charge in [-0.2, -0.15) is 0 Å². The zero-order chi connectivity index (χ0) is 11.5. The third-order valence-electron chi connectivity index (χ3n) is 2.81. The Bertz CT molecular complexity index is 128. The van der Waals surface area contributed by atoms with Crippen LogP contribution in [0.1, 0.15) is 58.8 Å². The number of aliphatic hydroxyl groups is 1.